The van der Waals surface area contributed by atoms with Gasteiger partial charge in [-0.3, -0.25) is 14.9 Å². The normalized spacial score (nSPS) is 11.7. The molecule has 1 unspecified atom stereocenters. The third kappa shape index (κ3) is 5.12. The highest BCUT2D eigenvalue weighted by Crippen LogP contribution is 2.26. The minimum atomic E-state index is -0.461. The molecule has 0 saturated heterocycles. The molecule has 1 heterocycles. The van der Waals surface area contributed by atoms with Crippen LogP contribution >= 0.6 is 0 Å². The van der Waals surface area contributed by atoms with Gasteiger partial charge in [0.15, 0.2) is 0 Å². The quantitative estimate of drug-likeness (QED) is 0.321. The molecule has 7 nitrogen and oxygen atoms in total. The van der Waals surface area contributed by atoms with E-state index in [-0.39, 0.29) is 29.9 Å². The van der Waals surface area contributed by atoms with Crippen molar-refractivity contribution in [3.63, 3.8) is 0 Å². The Balaban J connectivity index is 1.61. The second kappa shape index (κ2) is 9.44. The van der Waals surface area contributed by atoms with E-state index in [0.717, 1.165) is 11.3 Å². The van der Waals surface area contributed by atoms with Crippen LogP contribution in [0.2, 0.25) is 0 Å². The molecule has 1 N–H and O–H groups in total. The second-order valence-corrected chi connectivity index (χ2v) is 7.60. The van der Waals surface area contributed by atoms with Crippen LogP contribution in [-0.4, -0.2) is 20.6 Å². The number of halogens is 1. The Morgan fingerprint density at radius 2 is 1.73 bits per heavy atom. The summed E-state index contributed by atoms with van der Waals surface area (Å²) < 4.78 is 14.9. The smallest absolute Gasteiger partial charge is 0.269 e. The lowest BCUT2D eigenvalue weighted by Gasteiger charge is -2.14. The van der Waals surface area contributed by atoms with Crippen molar-refractivity contribution in [2.45, 2.75) is 19.4 Å². The van der Waals surface area contributed by atoms with Gasteiger partial charge in [0.25, 0.3) is 5.69 Å². The van der Waals surface area contributed by atoms with Crippen molar-refractivity contribution < 1.29 is 14.1 Å². The van der Waals surface area contributed by atoms with Crippen molar-refractivity contribution in [1.29, 1.82) is 0 Å². The van der Waals surface area contributed by atoms with Crippen molar-refractivity contribution >= 4 is 11.6 Å². The Labute approximate surface area is 189 Å². The largest absolute Gasteiger partial charge is 0.349 e. The fourth-order valence-electron chi connectivity index (χ4n) is 3.54. The molecule has 4 aromatic rings. The van der Waals surface area contributed by atoms with Crippen molar-refractivity contribution in [3.8, 4) is 16.9 Å². The summed E-state index contributed by atoms with van der Waals surface area (Å²) >= 11 is 0. The summed E-state index contributed by atoms with van der Waals surface area (Å²) in [6, 6.07) is 21.2. The minimum Gasteiger partial charge on any atom is -0.349 e. The van der Waals surface area contributed by atoms with Crippen LogP contribution in [0.25, 0.3) is 16.9 Å². The first-order chi connectivity index (χ1) is 15.9. The molecule has 1 atom stereocenters. The average molecular weight is 444 g/mol. The fourth-order valence-corrected chi connectivity index (χ4v) is 3.54. The lowest BCUT2D eigenvalue weighted by atomic mass is 10.0. The van der Waals surface area contributed by atoms with Gasteiger partial charge in [0.1, 0.15) is 5.82 Å². The van der Waals surface area contributed by atoms with Crippen molar-refractivity contribution in [3.05, 3.63) is 112 Å². The summed E-state index contributed by atoms with van der Waals surface area (Å²) in [5, 5.41) is 18.6. The lowest BCUT2D eigenvalue weighted by Crippen LogP contribution is -2.28. The van der Waals surface area contributed by atoms with Gasteiger partial charge in [-0.15, -0.1) is 0 Å². The first-order valence-corrected chi connectivity index (χ1v) is 10.3. The summed E-state index contributed by atoms with van der Waals surface area (Å²) in [5.74, 6) is -0.555. The van der Waals surface area contributed by atoms with Gasteiger partial charge in [0, 0.05) is 29.5 Å². The second-order valence-electron chi connectivity index (χ2n) is 7.60. The van der Waals surface area contributed by atoms with Gasteiger partial charge in [-0.1, -0.05) is 30.3 Å². The first kappa shape index (κ1) is 21.9. The zero-order chi connectivity index (χ0) is 23.4. The van der Waals surface area contributed by atoms with E-state index in [4.69, 9.17) is 0 Å². The van der Waals surface area contributed by atoms with Crippen LogP contribution in [0.5, 0.6) is 0 Å². The van der Waals surface area contributed by atoms with Gasteiger partial charge in [0.2, 0.25) is 5.91 Å². The maximum Gasteiger partial charge on any atom is 0.269 e. The molecule has 1 aromatic heterocycles. The van der Waals surface area contributed by atoms with Crippen LogP contribution in [0.1, 0.15) is 24.1 Å². The number of hydrogen-bond donors (Lipinski definition) is 1. The van der Waals surface area contributed by atoms with Gasteiger partial charge in [-0.05, 0) is 48.9 Å². The third-order valence-electron chi connectivity index (χ3n) is 5.26. The molecule has 0 fully saturated rings. The molecule has 0 aliphatic rings. The molecule has 166 valence electrons. The van der Waals surface area contributed by atoms with E-state index in [1.54, 1.807) is 35.1 Å². The Bertz CT molecular complexity index is 1270. The van der Waals surface area contributed by atoms with Crippen molar-refractivity contribution in [1.82, 2.24) is 15.1 Å². The summed E-state index contributed by atoms with van der Waals surface area (Å²) in [6.07, 6.45) is 1.85. The topological polar surface area (TPSA) is 90.1 Å². The van der Waals surface area contributed by atoms with E-state index >= 15 is 0 Å². The summed E-state index contributed by atoms with van der Waals surface area (Å²) in [5.41, 5.74) is 3.51. The Morgan fingerprint density at radius 3 is 2.36 bits per heavy atom. The Hall–Kier alpha value is -4.33. The standard InChI is InChI=1S/C25H21FN4O3/c1-17(18-7-11-21(26)12-8-18)27-24(31)15-20-16-29(22-5-3-2-4-6-22)28-25(20)19-9-13-23(14-10-19)30(32)33/h2-14,16-17H,15H2,1H3,(H,27,31). The number of nitro benzene ring substituents is 1. The minimum absolute atomic E-state index is 0.0198. The SMILES string of the molecule is CC(NC(=O)Cc1cn(-c2ccccc2)nc1-c1ccc([N+](=O)[O-])cc1)c1ccc(F)cc1. The predicted octanol–water partition coefficient (Wildman–Crippen LogP) is 5.01. The van der Waals surface area contributed by atoms with Crippen LogP contribution in [0, 0.1) is 15.9 Å². The van der Waals surface area contributed by atoms with Crippen molar-refractivity contribution in [2.75, 3.05) is 0 Å². The van der Waals surface area contributed by atoms with Crippen molar-refractivity contribution in [2.24, 2.45) is 0 Å². The van der Waals surface area contributed by atoms with E-state index < -0.39 is 4.92 Å². The number of nitrogens with zero attached hydrogens (tertiary/aromatic N) is 3. The van der Waals surface area contributed by atoms with E-state index in [1.165, 1.54) is 24.3 Å². The van der Waals surface area contributed by atoms with Crippen LogP contribution in [0.4, 0.5) is 10.1 Å². The number of carbonyl (C=O) groups excluding carboxylic acids is 1. The van der Waals surface area contributed by atoms with Gasteiger partial charge in [-0.25, -0.2) is 9.07 Å². The number of benzene rings is 3. The molecule has 0 aliphatic carbocycles. The van der Waals surface area contributed by atoms with Crippen LogP contribution < -0.4 is 5.32 Å². The molecule has 0 radical (unpaired) electrons. The monoisotopic (exact) mass is 444 g/mol. The highest BCUT2D eigenvalue weighted by molar-refractivity contribution is 5.81. The van der Waals surface area contributed by atoms with Gasteiger partial charge >= 0.3 is 0 Å². The maximum absolute atomic E-state index is 13.2. The average Bonchev–Trinajstić information content (AvgIpc) is 3.23. The van der Waals surface area contributed by atoms with E-state index in [9.17, 15) is 19.3 Å². The van der Waals surface area contributed by atoms with Gasteiger partial charge in [0.05, 0.1) is 28.8 Å². The molecule has 0 saturated carbocycles. The maximum atomic E-state index is 13.2. The lowest BCUT2D eigenvalue weighted by molar-refractivity contribution is -0.384. The summed E-state index contributed by atoms with van der Waals surface area (Å²) in [6.45, 7) is 1.83. The molecule has 0 bridgehead atoms. The number of para-hydroxylation sites is 1. The number of aromatic nitrogens is 2. The molecular weight excluding hydrogens is 423 g/mol. The molecule has 8 heteroatoms. The Kier molecular flexibility index (Phi) is 6.26. The molecule has 4 rings (SSSR count). The first-order valence-electron chi connectivity index (χ1n) is 10.3. The van der Waals surface area contributed by atoms with E-state index in [0.29, 0.717) is 16.8 Å². The van der Waals surface area contributed by atoms with E-state index in [2.05, 4.69) is 10.4 Å². The highest BCUT2D eigenvalue weighted by Gasteiger charge is 2.18. The fraction of sp³-hybridized carbons (Fsp3) is 0.120. The molecule has 1 amide bonds. The molecule has 3 aromatic carbocycles. The number of nitrogens with one attached hydrogen (secondary N) is 1. The molecule has 33 heavy (non-hydrogen) atoms. The third-order valence-corrected chi connectivity index (χ3v) is 5.26. The van der Waals surface area contributed by atoms with Crippen LogP contribution in [0.15, 0.2) is 85.1 Å². The highest BCUT2D eigenvalue weighted by atomic mass is 19.1. The zero-order valence-corrected chi connectivity index (χ0v) is 17.8. The number of nitro groups is 1. The van der Waals surface area contributed by atoms with Gasteiger partial charge in [-0.2, -0.15) is 5.10 Å². The predicted molar refractivity (Wildman–Crippen MR) is 122 cm³/mol. The Morgan fingerprint density at radius 1 is 1.06 bits per heavy atom. The summed E-state index contributed by atoms with van der Waals surface area (Å²) in [4.78, 5) is 23.4. The summed E-state index contributed by atoms with van der Waals surface area (Å²) in [7, 11) is 0. The number of amides is 1. The molecule has 0 aliphatic heterocycles. The molecule has 0 spiro atoms. The van der Waals surface area contributed by atoms with Gasteiger partial charge < -0.3 is 5.32 Å². The number of rotatable bonds is 7. The van der Waals surface area contributed by atoms with E-state index in [1.807, 2.05) is 37.3 Å². The number of non-ortho nitro benzene ring substituents is 1. The number of carbonyl (C=O) groups is 1. The zero-order valence-electron chi connectivity index (χ0n) is 17.8. The van der Waals surface area contributed by atoms with Crippen LogP contribution in [0.3, 0.4) is 0 Å². The molecular formula is C25H21FN4O3. The van der Waals surface area contributed by atoms with Crippen LogP contribution in [-0.2, 0) is 11.2 Å². The number of hydrogen-bond acceptors (Lipinski definition) is 4.